The number of carbonyl (C=O) groups excluding carboxylic acids is 2. The number of benzene rings is 1. The molecule has 8 nitrogen and oxygen atoms in total. The van der Waals surface area contributed by atoms with E-state index in [4.69, 9.17) is 4.98 Å². The van der Waals surface area contributed by atoms with Gasteiger partial charge < -0.3 is 9.88 Å². The molecule has 35 heavy (non-hydrogen) atoms. The van der Waals surface area contributed by atoms with Crippen molar-refractivity contribution in [1.82, 2.24) is 19.5 Å². The maximum absolute atomic E-state index is 13.6. The second-order valence-electron chi connectivity index (χ2n) is 7.67. The first-order valence-corrected chi connectivity index (χ1v) is 11.5. The Labute approximate surface area is 202 Å². The van der Waals surface area contributed by atoms with Gasteiger partial charge in [0.15, 0.2) is 0 Å². The van der Waals surface area contributed by atoms with Gasteiger partial charge in [0.25, 0.3) is 11.8 Å². The van der Waals surface area contributed by atoms with Crippen molar-refractivity contribution in [2.75, 3.05) is 16.8 Å². The third kappa shape index (κ3) is 4.33. The second-order valence-corrected chi connectivity index (χ2v) is 8.53. The molecule has 4 heterocycles. The summed E-state index contributed by atoms with van der Waals surface area (Å²) in [6, 6.07) is 8.42. The number of carbonyl (C=O) groups is 2. The molecule has 1 aliphatic heterocycles. The largest absolute Gasteiger partial charge is 0.307 e. The number of thiazole rings is 1. The Bertz CT molecular complexity index is 1430. The van der Waals surface area contributed by atoms with Crippen LogP contribution in [0.1, 0.15) is 16.9 Å². The van der Waals surface area contributed by atoms with Crippen LogP contribution >= 0.6 is 11.3 Å². The summed E-state index contributed by atoms with van der Waals surface area (Å²) in [4.78, 5) is 39.8. The summed E-state index contributed by atoms with van der Waals surface area (Å²) in [5.41, 5.74) is 1.93. The number of hydrogen-bond acceptors (Lipinski definition) is 6. The zero-order valence-electron chi connectivity index (χ0n) is 18.2. The van der Waals surface area contributed by atoms with Crippen LogP contribution in [0, 0.1) is 11.6 Å². The van der Waals surface area contributed by atoms with E-state index < -0.39 is 11.7 Å². The van der Waals surface area contributed by atoms with Gasteiger partial charge in [-0.3, -0.25) is 14.5 Å². The highest BCUT2D eigenvalue weighted by Crippen LogP contribution is 2.39. The van der Waals surface area contributed by atoms with E-state index >= 15 is 0 Å². The number of imidazole rings is 1. The molecule has 1 N–H and O–H groups in total. The van der Waals surface area contributed by atoms with E-state index in [0.29, 0.717) is 47.4 Å². The number of fused-ring (bicyclic) bond motifs is 1. The summed E-state index contributed by atoms with van der Waals surface area (Å²) in [5, 5.41) is 4.69. The van der Waals surface area contributed by atoms with E-state index in [2.05, 4.69) is 21.9 Å². The van der Waals surface area contributed by atoms with Crippen molar-refractivity contribution in [3.8, 4) is 22.0 Å². The molecule has 0 atom stereocenters. The van der Waals surface area contributed by atoms with Crippen molar-refractivity contribution in [3.05, 3.63) is 78.0 Å². The third-order valence-electron chi connectivity index (χ3n) is 5.42. The van der Waals surface area contributed by atoms with Gasteiger partial charge in [0.1, 0.15) is 39.5 Å². The van der Waals surface area contributed by atoms with Gasteiger partial charge >= 0.3 is 0 Å². The molecule has 0 radical (unpaired) electrons. The topological polar surface area (TPSA) is 93.0 Å². The number of nitrogens with zero attached hydrogens (tertiary/aromatic N) is 5. The average molecular weight is 493 g/mol. The van der Waals surface area contributed by atoms with Crippen molar-refractivity contribution in [2.24, 2.45) is 0 Å². The molecule has 1 aliphatic rings. The molecule has 0 unspecified atom stereocenters. The SMILES string of the molecule is C=CC(=O)N1CCCn2c1nc(-c1ccc(F)cc1)c2-c1nc(C(=O)Nc2ccc(F)cn2)cs1. The lowest BCUT2D eigenvalue weighted by atomic mass is 10.1. The molecule has 0 spiro atoms. The van der Waals surface area contributed by atoms with Crippen molar-refractivity contribution < 1.29 is 18.4 Å². The fourth-order valence-electron chi connectivity index (χ4n) is 3.81. The minimum absolute atomic E-state index is 0.145. The molecule has 0 saturated heterocycles. The first kappa shape index (κ1) is 22.5. The van der Waals surface area contributed by atoms with Gasteiger partial charge in [-0.1, -0.05) is 6.58 Å². The molecular formula is C24H18F2N6O2S. The van der Waals surface area contributed by atoms with Crippen LogP contribution in [0.5, 0.6) is 0 Å². The van der Waals surface area contributed by atoms with Crippen molar-refractivity contribution >= 4 is 34.9 Å². The van der Waals surface area contributed by atoms with Crippen LogP contribution in [-0.4, -0.2) is 37.9 Å². The maximum Gasteiger partial charge on any atom is 0.276 e. The fraction of sp³-hybridized carbons (Fsp3) is 0.125. The van der Waals surface area contributed by atoms with E-state index in [1.54, 1.807) is 17.5 Å². The predicted molar refractivity (Wildman–Crippen MR) is 128 cm³/mol. The highest BCUT2D eigenvalue weighted by molar-refractivity contribution is 7.13. The van der Waals surface area contributed by atoms with Gasteiger partial charge in [0, 0.05) is 24.0 Å². The Kier molecular flexibility index (Phi) is 5.91. The van der Waals surface area contributed by atoms with Gasteiger partial charge in [0.05, 0.1) is 6.20 Å². The Morgan fingerprint density at radius 1 is 1.06 bits per heavy atom. The van der Waals surface area contributed by atoms with Gasteiger partial charge in [0.2, 0.25) is 5.95 Å². The van der Waals surface area contributed by atoms with E-state index in [1.165, 1.54) is 46.6 Å². The summed E-state index contributed by atoms with van der Waals surface area (Å²) in [7, 11) is 0. The molecule has 176 valence electrons. The molecule has 0 aliphatic carbocycles. The zero-order valence-corrected chi connectivity index (χ0v) is 19.1. The Morgan fingerprint density at radius 3 is 2.54 bits per heavy atom. The molecule has 4 aromatic rings. The summed E-state index contributed by atoms with van der Waals surface area (Å²) < 4.78 is 28.6. The first-order valence-electron chi connectivity index (χ1n) is 10.6. The summed E-state index contributed by atoms with van der Waals surface area (Å²) in [6.45, 7) is 4.65. The van der Waals surface area contributed by atoms with Gasteiger partial charge in [-0.05, 0) is 48.9 Å². The first-order chi connectivity index (χ1) is 16.9. The fourth-order valence-corrected chi connectivity index (χ4v) is 4.66. The van der Waals surface area contributed by atoms with Crippen molar-refractivity contribution in [3.63, 3.8) is 0 Å². The Morgan fingerprint density at radius 2 is 1.83 bits per heavy atom. The second kappa shape index (κ2) is 9.18. The summed E-state index contributed by atoms with van der Waals surface area (Å²) in [6.07, 6.45) is 2.93. The standard InChI is InChI=1S/C24H18F2N6O2S/c1-2-19(33)31-10-3-11-32-21(20(30-24(31)32)14-4-6-15(25)7-5-14)23-28-17(13-35-23)22(34)29-18-9-8-16(26)12-27-18/h2,4-9,12-13H,1,3,10-11H2,(H,27,29,34). The quantitative estimate of drug-likeness (QED) is 0.414. The lowest BCUT2D eigenvalue weighted by Crippen LogP contribution is -2.36. The van der Waals surface area contributed by atoms with E-state index in [1.807, 2.05) is 4.57 Å². The number of aromatic nitrogens is 4. The smallest absolute Gasteiger partial charge is 0.276 e. The molecule has 3 aromatic heterocycles. The van der Waals surface area contributed by atoms with E-state index in [0.717, 1.165) is 6.20 Å². The molecule has 1 aromatic carbocycles. The number of rotatable bonds is 5. The maximum atomic E-state index is 13.6. The summed E-state index contributed by atoms with van der Waals surface area (Å²) >= 11 is 1.24. The molecule has 0 saturated carbocycles. The number of amides is 2. The highest BCUT2D eigenvalue weighted by atomic mass is 32.1. The molecule has 0 fully saturated rings. The van der Waals surface area contributed by atoms with Crippen LogP contribution in [0.3, 0.4) is 0 Å². The van der Waals surface area contributed by atoms with Crippen LogP contribution in [0.2, 0.25) is 0 Å². The molecule has 0 bridgehead atoms. The van der Waals surface area contributed by atoms with Crippen LogP contribution in [0.4, 0.5) is 20.5 Å². The van der Waals surface area contributed by atoms with Crippen LogP contribution < -0.4 is 10.2 Å². The summed E-state index contributed by atoms with van der Waals surface area (Å²) in [5.74, 6) is -1.05. The minimum Gasteiger partial charge on any atom is -0.307 e. The average Bonchev–Trinajstić information content (AvgIpc) is 3.50. The number of pyridine rings is 1. The van der Waals surface area contributed by atoms with E-state index in [9.17, 15) is 18.4 Å². The molecule has 2 amide bonds. The number of anilines is 2. The lowest BCUT2D eigenvalue weighted by molar-refractivity contribution is -0.114. The molecular weight excluding hydrogens is 474 g/mol. The number of nitrogens with one attached hydrogen (secondary N) is 1. The molecule has 11 heteroatoms. The van der Waals surface area contributed by atoms with Crippen molar-refractivity contribution in [2.45, 2.75) is 13.0 Å². The monoisotopic (exact) mass is 492 g/mol. The zero-order chi connectivity index (χ0) is 24.5. The Balaban J connectivity index is 1.57. The van der Waals surface area contributed by atoms with Gasteiger partial charge in [-0.25, -0.2) is 23.7 Å². The van der Waals surface area contributed by atoms with Gasteiger partial charge in [-0.2, -0.15) is 0 Å². The Hall–Kier alpha value is -4.25. The predicted octanol–water partition coefficient (Wildman–Crippen LogP) is 4.52. The minimum atomic E-state index is -0.512. The lowest BCUT2D eigenvalue weighted by Gasteiger charge is -2.26. The molecule has 5 rings (SSSR count). The normalized spacial score (nSPS) is 12.8. The third-order valence-corrected chi connectivity index (χ3v) is 6.27. The highest BCUT2D eigenvalue weighted by Gasteiger charge is 2.30. The van der Waals surface area contributed by atoms with Crippen LogP contribution in [-0.2, 0) is 11.3 Å². The van der Waals surface area contributed by atoms with Crippen LogP contribution in [0.15, 0.2) is 60.6 Å². The van der Waals surface area contributed by atoms with Gasteiger partial charge in [-0.15, -0.1) is 11.3 Å². The van der Waals surface area contributed by atoms with E-state index in [-0.39, 0.29) is 23.2 Å². The van der Waals surface area contributed by atoms with Crippen molar-refractivity contribution in [1.29, 1.82) is 0 Å². The number of hydrogen-bond donors (Lipinski definition) is 1. The van der Waals surface area contributed by atoms with Crippen LogP contribution in [0.25, 0.3) is 22.0 Å². The number of halogens is 2.